The summed E-state index contributed by atoms with van der Waals surface area (Å²) in [5.41, 5.74) is -0.210. The highest BCUT2D eigenvalue weighted by molar-refractivity contribution is 5.97. The number of aromatic nitrogens is 2. The van der Waals surface area contributed by atoms with Crippen LogP contribution in [0.5, 0.6) is 0 Å². The number of ether oxygens (including phenoxy) is 1. The lowest BCUT2D eigenvalue weighted by atomic mass is 10.1. The fraction of sp³-hybridized carbons (Fsp3) is 0.375. The third kappa shape index (κ3) is 2.70. The lowest BCUT2D eigenvalue weighted by molar-refractivity contribution is 0.00347. The molecule has 8 heteroatoms. The normalized spacial score (nSPS) is 17.7. The van der Waals surface area contributed by atoms with Crippen molar-refractivity contribution in [1.82, 2.24) is 14.5 Å². The second-order valence-electron chi connectivity index (χ2n) is 5.48. The van der Waals surface area contributed by atoms with Crippen LogP contribution in [0.25, 0.3) is 10.9 Å². The molecule has 1 aliphatic rings. The van der Waals surface area contributed by atoms with Gasteiger partial charge in [-0.25, -0.2) is 4.79 Å². The first-order chi connectivity index (χ1) is 11.5. The summed E-state index contributed by atoms with van der Waals surface area (Å²) in [6, 6.07) is 6.58. The minimum Gasteiger partial charge on any atom is -0.360 e. The molecule has 1 aliphatic heterocycles. The van der Waals surface area contributed by atoms with E-state index in [1.165, 1.54) is 17.0 Å². The van der Waals surface area contributed by atoms with Crippen LogP contribution in [0.2, 0.25) is 0 Å². The van der Waals surface area contributed by atoms with E-state index < -0.39 is 11.8 Å². The van der Waals surface area contributed by atoms with E-state index in [4.69, 9.17) is 10.00 Å². The van der Waals surface area contributed by atoms with E-state index in [-0.39, 0.29) is 24.6 Å². The summed E-state index contributed by atoms with van der Waals surface area (Å²) in [5.74, 6) is -0.263. The van der Waals surface area contributed by atoms with Gasteiger partial charge >= 0.3 is 5.69 Å². The first-order valence-electron chi connectivity index (χ1n) is 7.62. The molecule has 0 radical (unpaired) electrons. The van der Waals surface area contributed by atoms with Crippen molar-refractivity contribution in [2.24, 2.45) is 0 Å². The topological polar surface area (TPSA) is 108 Å². The van der Waals surface area contributed by atoms with Crippen LogP contribution in [0.15, 0.2) is 27.8 Å². The molecule has 1 saturated heterocycles. The highest BCUT2D eigenvalue weighted by Crippen LogP contribution is 2.14. The van der Waals surface area contributed by atoms with E-state index >= 15 is 0 Å². The lowest BCUT2D eigenvalue weighted by Gasteiger charge is -2.29. The van der Waals surface area contributed by atoms with Crippen molar-refractivity contribution < 1.29 is 9.53 Å². The monoisotopic (exact) mass is 328 g/mol. The summed E-state index contributed by atoms with van der Waals surface area (Å²) in [5, 5.41) is 9.27. The van der Waals surface area contributed by atoms with E-state index in [9.17, 15) is 14.4 Å². The Hall–Kier alpha value is -2.92. The number of benzene rings is 1. The smallest absolute Gasteiger partial charge is 0.328 e. The Morgan fingerprint density at radius 1 is 1.46 bits per heavy atom. The van der Waals surface area contributed by atoms with Crippen molar-refractivity contribution in [2.45, 2.75) is 19.6 Å². The Labute approximate surface area is 136 Å². The van der Waals surface area contributed by atoms with Crippen LogP contribution in [0.3, 0.4) is 0 Å². The third-order valence-corrected chi connectivity index (χ3v) is 4.04. The number of rotatable bonds is 2. The summed E-state index contributed by atoms with van der Waals surface area (Å²) in [4.78, 5) is 40.9. The quantitative estimate of drug-likeness (QED) is 0.839. The molecular formula is C16H16N4O4. The van der Waals surface area contributed by atoms with Crippen molar-refractivity contribution in [1.29, 1.82) is 5.26 Å². The van der Waals surface area contributed by atoms with Crippen LogP contribution in [0.4, 0.5) is 0 Å². The molecule has 1 fully saturated rings. The second-order valence-corrected chi connectivity index (χ2v) is 5.48. The van der Waals surface area contributed by atoms with Crippen LogP contribution in [-0.4, -0.2) is 46.2 Å². The number of nitrogens with zero attached hydrogens (tertiary/aromatic N) is 3. The van der Waals surface area contributed by atoms with E-state index in [0.29, 0.717) is 29.6 Å². The highest BCUT2D eigenvalue weighted by Gasteiger charge is 2.25. The van der Waals surface area contributed by atoms with Crippen LogP contribution < -0.4 is 11.2 Å². The van der Waals surface area contributed by atoms with Gasteiger partial charge in [-0.05, 0) is 25.1 Å². The summed E-state index contributed by atoms with van der Waals surface area (Å²) in [6.45, 7) is 2.87. The van der Waals surface area contributed by atoms with Gasteiger partial charge in [-0.2, -0.15) is 5.26 Å². The molecule has 0 aliphatic carbocycles. The highest BCUT2D eigenvalue weighted by atomic mass is 16.5. The number of nitriles is 1. The zero-order valence-electron chi connectivity index (χ0n) is 13.1. The van der Waals surface area contributed by atoms with Crippen LogP contribution >= 0.6 is 0 Å². The van der Waals surface area contributed by atoms with Crippen molar-refractivity contribution in [2.75, 3.05) is 19.7 Å². The zero-order chi connectivity index (χ0) is 17.3. The van der Waals surface area contributed by atoms with E-state index in [1.807, 2.05) is 6.07 Å². The molecule has 2 heterocycles. The van der Waals surface area contributed by atoms with Gasteiger partial charge in [0.1, 0.15) is 0 Å². The molecule has 1 aromatic carbocycles. The zero-order valence-corrected chi connectivity index (χ0v) is 13.1. The number of amides is 1. The van der Waals surface area contributed by atoms with Crippen molar-refractivity contribution >= 4 is 16.8 Å². The molecule has 0 saturated carbocycles. The Kier molecular flexibility index (Phi) is 4.18. The minimum absolute atomic E-state index is 0.196. The van der Waals surface area contributed by atoms with Gasteiger partial charge in [-0.15, -0.1) is 0 Å². The van der Waals surface area contributed by atoms with Gasteiger partial charge in [0, 0.05) is 18.7 Å². The molecule has 1 amide bonds. The molecular weight excluding hydrogens is 312 g/mol. The van der Waals surface area contributed by atoms with Gasteiger partial charge in [-0.3, -0.25) is 14.2 Å². The SMILES string of the molecule is CCn1c(=O)[nH]c2cc(C(=O)N3CCOC(C#N)C3)ccc2c1=O. The lowest BCUT2D eigenvalue weighted by Crippen LogP contribution is -2.45. The first kappa shape index (κ1) is 16.0. The van der Waals surface area contributed by atoms with Crippen molar-refractivity contribution in [3.8, 4) is 6.07 Å². The van der Waals surface area contributed by atoms with Crippen LogP contribution in [0.1, 0.15) is 17.3 Å². The Morgan fingerprint density at radius 2 is 2.25 bits per heavy atom. The van der Waals surface area contributed by atoms with E-state index in [2.05, 4.69) is 4.98 Å². The van der Waals surface area contributed by atoms with Gasteiger partial charge in [0.2, 0.25) is 0 Å². The number of hydrogen-bond acceptors (Lipinski definition) is 5. The average Bonchev–Trinajstić information content (AvgIpc) is 2.61. The maximum Gasteiger partial charge on any atom is 0.328 e. The molecule has 24 heavy (non-hydrogen) atoms. The standard InChI is InChI=1S/C16H16N4O4/c1-2-20-15(22)12-4-3-10(7-13(12)18-16(20)23)14(21)19-5-6-24-11(8-17)9-19/h3-4,7,11H,2,5-6,9H2,1H3,(H,18,23). The van der Waals surface area contributed by atoms with Gasteiger partial charge in [0.15, 0.2) is 6.10 Å². The third-order valence-electron chi connectivity index (χ3n) is 4.04. The fourth-order valence-corrected chi connectivity index (χ4v) is 2.77. The number of carbonyl (C=O) groups excluding carboxylic acids is 1. The average molecular weight is 328 g/mol. The molecule has 1 atom stereocenters. The number of hydrogen-bond donors (Lipinski definition) is 1. The number of nitrogens with one attached hydrogen (secondary N) is 1. The second kappa shape index (κ2) is 6.29. The Bertz CT molecular complexity index is 953. The number of aromatic amines is 1. The summed E-state index contributed by atoms with van der Waals surface area (Å²) in [6.07, 6.45) is -0.639. The Morgan fingerprint density at radius 3 is 2.96 bits per heavy atom. The van der Waals surface area contributed by atoms with Crippen molar-refractivity contribution in [3.63, 3.8) is 0 Å². The molecule has 2 aromatic rings. The van der Waals surface area contributed by atoms with Crippen LogP contribution in [0, 0.1) is 11.3 Å². The molecule has 1 unspecified atom stereocenters. The van der Waals surface area contributed by atoms with E-state index in [0.717, 1.165) is 4.57 Å². The molecule has 0 spiro atoms. The van der Waals surface area contributed by atoms with Gasteiger partial charge in [-0.1, -0.05) is 0 Å². The molecule has 8 nitrogen and oxygen atoms in total. The molecule has 3 rings (SSSR count). The fourth-order valence-electron chi connectivity index (χ4n) is 2.77. The maximum atomic E-state index is 12.6. The molecule has 124 valence electrons. The summed E-state index contributed by atoms with van der Waals surface area (Å²) >= 11 is 0. The molecule has 0 bridgehead atoms. The number of morpholine rings is 1. The van der Waals surface area contributed by atoms with Crippen LogP contribution in [-0.2, 0) is 11.3 Å². The first-order valence-corrected chi connectivity index (χ1v) is 7.62. The number of fused-ring (bicyclic) bond motifs is 1. The minimum atomic E-state index is -0.639. The largest absolute Gasteiger partial charge is 0.360 e. The maximum absolute atomic E-state index is 12.6. The predicted molar refractivity (Wildman–Crippen MR) is 85.8 cm³/mol. The van der Waals surface area contributed by atoms with Gasteiger partial charge in [0.25, 0.3) is 11.5 Å². The predicted octanol–water partition coefficient (Wildman–Crippen LogP) is 0.0743. The molecule has 1 aromatic heterocycles. The summed E-state index contributed by atoms with van der Waals surface area (Å²) in [7, 11) is 0. The Balaban J connectivity index is 1.99. The molecule has 1 N–H and O–H groups in total. The van der Waals surface area contributed by atoms with E-state index in [1.54, 1.807) is 13.0 Å². The number of H-pyrrole nitrogens is 1. The van der Waals surface area contributed by atoms with Crippen molar-refractivity contribution in [3.05, 3.63) is 44.6 Å². The number of carbonyl (C=O) groups is 1. The van der Waals surface area contributed by atoms with Gasteiger partial charge in [0.05, 0.1) is 30.1 Å². The van der Waals surface area contributed by atoms with Gasteiger partial charge < -0.3 is 14.6 Å². The summed E-state index contributed by atoms with van der Waals surface area (Å²) < 4.78 is 6.32.